The van der Waals surface area contributed by atoms with Gasteiger partial charge in [0.15, 0.2) is 0 Å². The summed E-state index contributed by atoms with van der Waals surface area (Å²) in [6, 6.07) is 8.96. The normalized spacial score (nSPS) is 19.0. The highest BCUT2D eigenvalue weighted by Gasteiger charge is 2.33. The lowest BCUT2D eigenvalue weighted by Gasteiger charge is -2.35. The van der Waals surface area contributed by atoms with Gasteiger partial charge in [-0.3, -0.25) is 9.69 Å². The van der Waals surface area contributed by atoms with Gasteiger partial charge in [-0.25, -0.2) is 9.18 Å². The molecule has 2 aromatic carbocycles. The Kier molecular flexibility index (Phi) is 10.3. The van der Waals surface area contributed by atoms with Crippen molar-refractivity contribution in [3.63, 3.8) is 0 Å². The number of amides is 3. The first-order valence-electron chi connectivity index (χ1n) is 14.8. The molecule has 3 amide bonds. The molecule has 5 rings (SSSR count). The summed E-state index contributed by atoms with van der Waals surface area (Å²) in [5.74, 6) is 0.390. The van der Waals surface area contributed by atoms with Crippen LogP contribution in [0.1, 0.15) is 55.6 Å². The van der Waals surface area contributed by atoms with Gasteiger partial charge < -0.3 is 19.9 Å². The average molecular weight is 606 g/mol. The molecule has 3 aliphatic rings. The van der Waals surface area contributed by atoms with Crippen LogP contribution in [0.3, 0.4) is 0 Å². The molecule has 0 radical (unpaired) electrons. The molecule has 3 heterocycles. The second-order valence-electron chi connectivity index (χ2n) is 11.3. The number of benzene rings is 2. The summed E-state index contributed by atoms with van der Waals surface area (Å²) >= 11 is 12.5. The molecule has 0 spiro atoms. The van der Waals surface area contributed by atoms with Gasteiger partial charge in [0.1, 0.15) is 24.2 Å². The number of carbonyl (C=O) groups is 2. The molecule has 1 N–H and O–H groups in total. The third-order valence-corrected chi connectivity index (χ3v) is 9.10. The van der Waals surface area contributed by atoms with E-state index >= 15 is 0 Å². The number of nitrogens with zero attached hydrogens (tertiary/aromatic N) is 3. The number of hydrogen-bond donors (Lipinski definition) is 1. The standard InChI is InChI=1S/C31H39Cl2FN4O3/c32-24-6-5-23(27(33)20-24)19-28(35-31(40)38-13-3-4-14-38)30(39)37-15-9-22(10-16-37)26-21-25(34)7-8-29(26)41-18-17-36-11-1-2-12-36/h5-8,20-22,28H,1-4,9-19H2,(H,35,40)/t28-/m1/s1. The van der Waals surface area contributed by atoms with Gasteiger partial charge in [0.05, 0.1) is 0 Å². The van der Waals surface area contributed by atoms with Gasteiger partial charge in [-0.2, -0.15) is 0 Å². The Morgan fingerprint density at radius 3 is 2.34 bits per heavy atom. The molecule has 0 aliphatic carbocycles. The number of urea groups is 1. The van der Waals surface area contributed by atoms with E-state index < -0.39 is 6.04 Å². The Hall–Kier alpha value is -2.55. The maximum Gasteiger partial charge on any atom is 0.318 e. The molecule has 0 aromatic heterocycles. The first kappa shape index (κ1) is 29.9. The number of ether oxygens (including phenoxy) is 1. The number of rotatable bonds is 9. The molecule has 3 fully saturated rings. The fourth-order valence-corrected chi connectivity index (χ4v) is 6.65. The predicted molar refractivity (Wildman–Crippen MR) is 159 cm³/mol. The predicted octanol–water partition coefficient (Wildman–Crippen LogP) is 5.73. The second kappa shape index (κ2) is 14.1. The van der Waals surface area contributed by atoms with Crippen LogP contribution in [-0.2, 0) is 11.2 Å². The van der Waals surface area contributed by atoms with Crippen molar-refractivity contribution in [3.05, 3.63) is 63.4 Å². The summed E-state index contributed by atoms with van der Waals surface area (Å²) in [6.07, 6.45) is 6.04. The highest BCUT2D eigenvalue weighted by Crippen LogP contribution is 2.35. The second-order valence-corrected chi connectivity index (χ2v) is 12.2. The number of hydrogen-bond acceptors (Lipinski definition) is 4. The quantitative estimate of drug-likeness (QED) is 0.397. The lowest BCUT2D eigenvalue weighted by molar-refractivity contribution is -0.134. The van der Waals surface area contributed by atoms with Gasteiger partial charge in [-0.1, -0.05) is 29.3 Å². The van der Waals surface area contributed by atoms with Crippen molar-refractivity contribution in [3.8, 4) is 5.75 Å². The van der Waals surface area contributed by atoms with E-state index in [0.717, 1.165) is 49.4 Å². The SMILES string of the molecule is O=C(N[C@H](Cc1ccc(Cl)cc1Cl)C(=O)N1CCC(c2cc(F)ccc2OCCN2CCCC2)CC1)N1CCCC1. The molecule has 10 heteroatoms. The van der Waals surface area contributed by atoms with E-state index in [2.05, 4.69) is 10.2 Å². The first-order valence-corrected chi connectivity index (χ1v) is 15.6. The number of nitrogens with one attached hydrogen (secondary N) is 1. The van der Waals surface area contributed by atoms with E-state index in [1.165, 1.54) is 18.9 Å². The molecule has 0 unspecified atom stereocenters. The van der Waals surface area contributed by atoms with E-state index in [-0.39, 0.29) is 30.1 Å². The Labute approximate surface area is 251 Å². The highest BCUT2D eigenvalue weighted by atomic mass is 35.5. The third-order valence-electron chi connectivity index (χ3n) is 8.51. The van der Waals surface area contributed by atoms with Crippen LogP contribution in [0, 0.1) is 5.82 Å². The van der Waals surface area contributed by atoms with E-state index in [9.17, 15) is 14.0 Å². The van der Waals surface area contributed by atoms with Crippen LogP contribution in [0.5, 0.6) is 5.75 Å². The maximum atomic E-state index is 14.3. The summed E-state index contributed by atoms with van der Waals surface area (Å²) in [5, 5.41) is 3.96. The van der Waals surface area contributed by atoms with Crippen molar-refractivity contribution in [1.29, 1.82) is 0 Å². The monoisotopic (exact) mass is 604 g/mol. The van der Waals surface area contributed by atoms with Crippen LogP contribution < -0.4 is 10.1 Å². The van der Waals surface area contributed by atoms with Crippen molar-refractivity contribution in [2.45, 2.75) is 56.9 Å². The minimum atomic E-state index is -0.753. The van der Waals surface area contributed by atoms with Crippen LogP contribution in [-0.4, -0.2) is 85.1 Å². The minimum Gasteiger partial charge on any atom is -0.492 e. The molecular weight excluding hydrogens is 566 g/mol. The summed E-state index contributed by atoms with van der Waals surface area (Å²) in [7, 11) is 0. The number of halogens is 3. The largest absolute Gasteiger partial charge is 0.492 e. The fraction of sp³-hybridized carbons (Fsp3) is 0.548. The maximum absolute atomic E-state index is 14.3. The smallest absolute Gasteiger partial charge is 0.318 e. The summed E-state index contributed by atoms with van der Waals surface area (Å²) in [5.41, 5.74) is 1.62. The van der Waals surface area contributed by atoms with E-state index in [1.54, 1.807) is 35.2 Å². The zero-order valence-electron chi connectivity index (χ0n) is 23.4. The number of piperidine rings is 1. The van der Waals surface area contributed by atoms with Gasteiger partial charge in [0.25, 0.3) is 0 Å². The Balaban J connectivity index is 1.23. The van der Waals surface area contributed by atoms with Crippen molar-refractivity contribution in [2.75, 3.05) is 52.4 Å². The van der Waals surface area contributed by atoms with E-state index in [1.807, 2.05) is 4.90 Å². The van der Waals surface area contributed by atoms with Crippen molar-refractivity contribution < 1.29 is 18.7 Å². The molecule has 7 nitrogen and oxygen atoms in total. The van der Waals surface area contributed by atoms with Crippen LogP contribution in [0.4, 0.5) is 9.18 Å². The summed E-state index contributed by atoms with van der Waals surface area (Å²) in [6.45, 7) is 6.06. The van der Waals surface area contributed by atoms with Crippen LogP contribution in [0.2, 0.25) is 10.0 Å². The first-order chi connectivity index (χ1) is 19.9. The van der Waals surface area contributed by atoms with Gasteiger partial charge in [0.2, 0.25) is 5.91 Å². The molecule has 41 heavy (non-hydrogen) atoms. The lowest BCUT2D eigenvalue weighted by atomic mass is 9.88. The average Bonchev–Trinajstić information content (AvgIpc) is 3.70. The number of likely N-dealkylation sites (tertiary alicyclic amines) is 3. The summed E-state index contributed by atoms with van der Waals surface area (Å²) in [4.78, 5) is 32.7. The molecule has 0 bridgehead atoms. The lowest BCUT2D eigenvalue weighted by Crippen LogP contribution is -2.54. The van der Waals surface area contributed by atoms with Gasteiger partial charge in [-0.15, -0.1) is 0 Å². The zero-order valence-corrected chi connectivity index (χ0v) is 24.9. The molecule has 3 aliphatic heterocycles. The number of carbonyl (C=O) groups excluding carboxylic acids is 2. The van der Waals surface area contributed by atoms with Crippen molar-refractivity contribution in [1.82, 2.24) is 20.0 Å². The van der Waals surface area contributed by atoms with E-state index in [4.69, 9.17) is 27.9 Å². The van der Waals surface area contributed by atoms with Gasteiger partial charge in [-0.05, 0) is 93.4 Å². The van der Waals surface area contributed by atoms with Gasteiger partial charge >= 0.3 is 6.03 Å². The molecule has 0 saturated carbocycles. The topological polar surface area (TPSA) is 65.1 Å². The van der Waals surface area contributed by atoms with Gasteiger partial charge in [0, 0.05) is 54.8 Å². The molecule has 1 atom stereocenters. The third kappa shape index (κ3) is 7.85. The Morgan fingerprint density at radius 1 is 0.927 bits per heavy atom. The molecule has 3 saturated heterocycles. The molecule has 222 valence electrons. The fourth-order valence-electron chi connectivity index (χ4n) is 6.16. The Morgan fingerprint density at radius 2 is 1.63 bits per heavy atom. The van der Waals surface area contributed by atoms with Crippen LogP contribution in [0.15, 0.2) is 36.4 Å². The molecule has 2 aromatic rings. The van der Waals surface area contributed by atoms with E-state index in [0.29, 0.717) is 55.7 Å². The minimum absolute atomic E-state index is 0.0832. The Bertz CT molecular complexity index is 1210. The van der Waals surface area contributed by atoms with Crippen LogP contribution >= 0.6 is 23.2 Å². The van der Waals surface area contributed by atoms with Crippen LogP contribution in [0.25, 0.3) is 0 Å². The summed E-state index contributed by atoms with van der Waals surface area (Å²) < 4.78 is 20.4. The highest BCUT2D eigenvalue weighted by molar-refractivity contribution is 6.35. The van der Waals surface area contributed by atoms with Crippen molar-refractivity contribution >= 4 is 35.1 Å². The molecular formula is C31H39Cl2FN4O3. The zero-order chi connectivity index (χ0) is 28.8. The van der Waals surface area contributed by atoms with Crippen molar-refractivity contribution in [2.24, 2.45) is 0 Å².